The van der Waals surface area contributed by atoms with Crippen LogP contribution in [0.4, 0.5) is 0 Å². The predicted molar refractivity (Wildman–Crippen MR) is 98.7 cm³/mol. The van der Waals surface area contributed by atoms with Crippen LogP contribution in [0.2, 0.25) is 0 Å². The fraction of sp³-hybridized carbons (Fsp3) is 0.105. The lowest BCUT2D eigenvalue weighted by Crippen LogP contribution is -1.97. The maximum atomic E-state index is 5.64. The molecule has 0 spiro atoms. The molecule has 3 heterocycles. The molecule has 4 rings (SSSR count). The Bertz CT molecular complexity index is 1020. The average molecular weight is 343 g/mol. The number of nitrogens with two attached hydrogens (primary N) is 1. The summed E-state index contributed by atoms with van der Waals surface area (Å²) in [6.45, 7) is 2.41. The van der Waals surface area contributed by atoms with Gasteiger partial charge >= 0.3 is 0 Å². The van der Waals surface area contributed by atoms with Crippen LogP contribution in [0.3, 0.4) is 0 Å². The lowest BCUT2D eigenvalue weighted by Gasteiger charge is -2.04. The van der Waals surface area contributed by atoms with Crippen molar-refractivity contribution in [3.8, 4) is 34.2 Å². The molecule has 3 aromatic heterocycles. The van der Waals surface area contributed by atoms with Crippen molar-refractivity contribution in [3.63, 3.8) is 0 Å². The first-order chi connectivity index (χ1) is 12.7. The summed E-state index contributed by atoms with van der Waals surface area (Å²) < 4.78 is 0. The highest BCUT2D eigenvalue weighted by molar-refractivity contribution is 5.64. The van der Waals surface area contributed by atoms with Crippen molar-refractivity contribution in [2.45, 2.75) is 13.5 Å². The number of pyridine rings is 1. The number of nitrogens with one attached hydrogen (secondary N) is 1. The van der Waals surface area contributed by atoms with Gasteiger partial charge in [0.1, 0.15) is 5.69 Å². The Hall–Kier alpha value is -3.45. The highest BCUT2D eigenvalue weighted by Gasteiger charge is 2.13. The van der Waals surface area contributed by atoms with E-state index >= 15 is 0 Å². The fourth-order valence-electron chi connectivity index (χ4n) is 2.61. The summed E-state index contributed by atoms with van der Waals surface area (Å²) in [6, 6.07) is 11.7. The van der Waals surface area contributed by atoms with Crippen LogP contribution in [-0.4, -0.2) is 30.1 Å². The second-order valence-electron chi connectivity index (χ2n) is 5.84. The maximum absolute atomic E-state index is 5.64. The van der Waals surface area contributed by atoms with Gasteiger partial charge in [-0.25, -0.2) is 9.97 Å². The SMILES string of the molecule is Cc1ncc(-c2cccnc2)nc1-c1nc(-c2ccc(CN)cc2)n[nH]1. The second kappa shape index (κ2) is 6.81. The van der Waals surface area contributed by atoms with Gasteiger partial charge in [0.25, 0.3) is 0 Å². The number of aromatic nitrogens is 6. The van der Waals surface area contributed by atoms with Gasteiger partial charge in [0.15, 0.2) is 11.6 Å². The van der Waals surface area contributed by atoms with E-state index in [2.05, 4.69) is 25.1 Å². The van der Waals surface area contributed by atoms with E-state index in [1.807, 2.05) is 43.3 Å². The van der Waals surface area contributed by atoms with E-state index in [1.54, 1.807) is 18.6 Å². The summed E-state index contributed by atoms with van der Waals surface area (Å²) in [5, 5.41) is 7.28. The van der Waals surface area contributed by atoms with E-state index in [1.165, 1.54) is 0 Å². The largest absolute Gasteiger partial charge is 0.326 e. The third kappa shape index (κ3) is 3.07. The predicted octanol–water partition coefficient (Wildman–Crippen LogP) is 2.76. The molecule has 0 radical (unpaired) electrons. The lowest BCUT2D eigenvalue weighted by atomic mass is 10.1. The van der Waals surface area contributed by atoms with E-state index in [0.717, 1.165) is 28.1 Å². The molecule has 7 nitrogen and oxygen atoms in total. The highest BCUT2D eigenvalue weighted by atomic mass is 15.2. The highest BCUT2D eigenvalue weighted by Crippen LogP contribution is 2.23. The molecular weight excluding hydrogens is 326 g/mol. The van der Waals surface area contributed by atoms with E-state index in [4.69, 9.17) is 10.7 Å². The Morgan fingerprint density at radius 1 is 1.00 bits per heavy atom. The van der Waals surface area contributed by atoms with Crippen molar-refractivity contribution in [2.24, 2.45) is 5.73 Å². The number of hydrogen-bond acceptors (Lipinski definition) is 6. The summed E-state index contributed by atoms with van der Waals surface area (Å²) in [7, 11) is 0. The van der Waals surface area contributed by atoms with E-state index in [-0.39, 0.29) is 0 Å². The Morgan fingerprint density at radius 2 is 1.85 bits per heavy atom. The summed E-state index contributed by atoms with van der Waals surface area (Å²) in [5.41, 5.74) is 10.7. The van der Waals surface area contributed by atoms with Crippen LogP contribution in [0.5, 0.6) is 0 Å². The number of aryl methyl sites for hydroxylation is 1. The molecule has 0 saturated heterocycles. The number of benzene rings is 1. The van der Waals surface area contributed by atoms with Gasteiger partial charge < -0.3 is 5.73 Å². The molecule has 4 aromatic rings. The molecule has 0 fully saturated rings. The van der Waals surface area contributed by atoms with Gasteiger partial charge in [-0.3, -0.25) is 15.1 Å². The zero-order chi connectivity index (χ0) is 17.9. The second-order valence-corrected chi connectivity index (χ2v) is 5.84. The van der Waals surface area contributed by atoms with Gasteiger partial charge in [-0.05, 0) is 24.6 Å². The van der Waals surface area contributed by atoms with Crippen molar-refractivity contribution in [1.29, 1.82) is 0 Å². The molecule has 1 aromatic carbocycles. The standard InChI is InChI=1S/C19H17N7/c1-12-17(23-16(11-22-12)15-3-2-8-21-10-15)19-24-18(25-26-19)14-6-4-13(9-20)5-7-14/h2-8,10-11H,9,20H2,1H3,(H,24,25,26). The molecule has 3 N–H and O–H groups in total. The zero-order valence-corrected chi connectivity index (χ0v) is 14.2. The molecule has 0 bridgehead atoms. The quantitative estimate of drug-likeness (QED) is 0.590. The monoisotopic (exact) mass is 343 g/mol. The number of aromatic amines is 1. The van der Waals surface area contributed by atoms with Crippen LogP contribution in [0.1, 0.15) is 11.3 Å². The molecule has 0 aliphatic carbocycles. The summed E-state index contributed by atoms with van der Waals surface area (Å²) in [4.78, 5) is 17.9. The van der Waals surface area contributed by atoms with Crippen molar-refractivity contribution in [2.75, 3.05) is 0 Å². The summed E-state index contributed by atoms with van der Waals surface area (Å²) in [5.74, 6) is 1.19. The van der Waals surface area contributed by atoms with Crippen molar-refractivity contribution in [1.82, 2.24) is 30.1 Å². The van der Waals surface area contributed by atoms with Gasteiger partial charge in [0.2, 0.25) is 0 Å². The smallest absolute Gasteiger partial charge is 0.181 e. The van der Waals surface area contributed by atoms with Crippen LogP contribution >= 0.6 is 0 Å². The van der Waals surface area contributed by atoms with Crippen molar-refractivity contribution >= 4 is 0 Å². The minimum Gasteiger partial charge on any atom is -0.326 e. The normalized spacial score (nSPS) is 10.8. The first kappa shape index (κ1) is 16.0. The minimum atomic E-state index is 0.509. The van der Waals surface area contributed by atoms with Gasteiger partial charge in [0.05, 0.1) is 17.6 Å². The molecule has 0 aliphatic heterocycles. The van der Waals surface area contributed by atoms with Crippen molar-refractivity contribution in [3.05, 3.63) is 66.2 Å². The Labute approximate surface area is 150 Å². The summed E-state index contributed by atoms with van der Waals surface area (Å²) >= 11 is 0. The van der Waals surface area contributed by atoms with Gasteiger partial charge in [0, 0.05) is 30.1 Å². The first-order valence-electron chi connectivity index (χ1n) is 8.21. The first-order valence-corrected chi connectivity index (χ1v) is 8.21. The molecule has 0 saturated carbocycles. The summed E-state index contributed by atoms with van der Waals surface area (Å²) in [6.07, 6.45) is 5.22. The fourth-order valence-corrected chi connectivity index (χ4v) is 2.61. The number of H-pyrrole nitrogens is 1. The Kier molecular flexibility index (Phi) is 4.20. The maximum Gasteiger partial charge on any atom is 0.181 e. The Morgan fingerprint density at radius 3 is 2.58 bits per heavy atom. The number of nitrogens with zero attached hydrogens (tertiary/aromatic N) is 5. The van der Waals surface area contributed by atoms with Crippen molar-refractivity contribution < 1.29 is 0 Å². The third-order valence-electron chi connectivity index (χ3n) is 4.07. The Balaban J connectivity index is 1.71. The lowest BCUT2D eigenvalue weighted by molar-refractivity contribution is 1.06. The van der Waals surface area contributed by atoms with Gasteiger partial charge in [-0.2, -0.15) is 5.10 Å². The van der Waals surface area contributed by atoms with Crippen LogP contribution in [-0.2, 0) is 6.54 Å². The van der Waals surface area contributed by atoms with E-state index in [0.29, 0.717) is 23.9 Å². The molecule has 0 amide bonds. The van der Waals surface area contributed by atoms with Gasteiger partial charge in [-0.1, -0.05) is 24.3 Å². The minimum absolute atomic E-state index is 0.509. The number of hydrogen-bond donors (Lipinski definition) is 2. The molecule has 0 atom stereocenters. The topological polar surface area (TPSA) is 106 Å². The molecule has 0 aliphatic rings. The molecule has 26 heavy (non-hydrogen) atoms. The van der Waals surface area contributed by atoms with Gasteiger partial charge in [-0.15, -0.1) is 0 Å². The molecule has 0 unspecified atom stereocenters. The van der Waals surface area contributed by atoms with E-state index in [9.17, 15) is 0 Å². The molecule has 7 heteroatoms. The zero-order valence-electron chi connectivity index (χ0n) is 14.2. The van der Waals surface area contributed by atoms with E-state index < -0.39 is 0 Å². The van der Waals surface area contributed by atoms with Crippen LogP contribution in [0, 0.1) is 6.92 Å². The van der Waals surface area contributed by atoms with Crippen LogP contribution in [0.15, 0.2) is 55.0 Å². The average Bonchev–Trinajstić information content (AvgIpc) is 3.19. The molecule has 128 valence electrons. The number of rotatable bonds is 4. The third-order valence-corrected chi connectivity index (χ3v) is 4.07. The van der Waals surface area contributed by atoms with Crippen LogP contribution < -0.4 is 5.73 Å². The molecular formula is C19H17N7. The van der Waals surface area contributed by atoms with Crippen LogP contribution in [0.25, 0.3) is 34.2 Å².